The molecule has 2 aromatic rings. The second-order valence-electron chi connectivity index (χ2n) is 4.08. The molecular formula is C12H12F3N3O. The van der Waals surface area contributed by atoms with E-state index in [1.165, 1.54) is 0 Å². The van der Waals surface area contributed by atoms with E-state index in [1.54, 1.807) is 26.0 Å². The van der Waals surface area contributed by atoms with Gasteiger partial charge >= 0.3 is 6.18 Å². The van der Waals surface area contributed by atoms with Crippen LogP contribution in [0.3, 0.4) is 0 Å². The minimum atomic E-state index is -4.48. The van der Waals surface area contributed by atoms with Crippen molar-refractivity contribution in [3.63, 3.8) is 0 Å². The highest BCUT2D eigenvalue weighted by atomic mass is 19.4. The van der Waals surface area contributed by atoms with Crippen molar-refractivity contribution in [2.75, 3.05) is 5.32 Å². The fourth-order valence-corrected chi connectivity index (χ4v) is 1.54. The third kappa shape index (κ3) is 3.24. The first-order valence-corrected chi connectivity index (χ1v) is 5.59. The second-order valence-corrected chi connectivity index (χ2v) is 4.08. The van der Waals surface area contributed by atoms with E-state index >= 15 is 0 Å². The standard InChI is InChI=1S/C12H12F3N3O/c1-7-3-4-9(19-7)8(2)17-11-16-6-5-10(18-11)12(13,14)15/h3-6,8H,1-2H3,(H,16,17,18)/t8-/m1/s1. The van der Waals surface area contributed by atoms with Crippen LogP contribution in [0, 0.1) is 6.92 Å². The lowest BCUT2D eigenvalue weighted by Crippen LogP contribution is -2.13. The normalized spacial score (nSPS) is 13.3. The van der Waals surface area contributed by atoms with Crippen molar-refractivity contribution < 1.29 is 17.6 Å². The average molecular weight is 271 g/mol. The highest BCUT2D eigenvalue weighted by molar-refractivity contribution is 5.29. The van der Waals surface area contributed by atoms with Gasteiger partial charge in [0, 0.05) is 6.20 Å². The van der Waals surface area contributed by atoms with Crippen LogP contribution in [0.25, 0.3) is 0 Å². The molecule has 0 radical (unpaired) electrons. The third-order valence-electron chi connectivity index (χ3n) is 2.48. The van der Waals surface area contributed by atoms with E-state index in [4.69, 9.17) is 4.42 Å². The van der Waals surface area contributed by atoms with Gasteiger partial charge in [-0.15, -0.1) is 0 Å². The van der Waals surface area contributed by atoms with E-state index in [0.717, 1.165) is 18.0 Å². The molecular weight excluding hydrogens is 259 g/mol. The van der Waals surface area contributed by atoms with Crippen LogP contribution < -0.4 is 5.32 Å². The average Bonchev–Trinajstić information content (AvgIpc) is 2.75. The molecule has 102 valence electrons. The van der Waals surface area contributed by atoms with Gasteiger partial charge in [-0.05, 0) is 32.0 Å². The molecule has 1 atom stereocenters. The summed E-state index contributed by atoms with van der Waals surface area (Å²) in [7, 11) is 0. The number of alkyl halides is 3. The summed E-state index contributed by atoms with van der Waals surface area (Å²) in [5.74, 6) is 1.25. The molecule has 2 aromatic heterocycles. The third-order valence-corrected chi connectivity index (χ3v) is 2.48. The van der Waals surface area contributed by atoms with Crippen molar-refractivity contribution in [2.24, 2.45) is 0 Å². The zero-order valence-corrected chi connectivity index (χ0v) is 10.3. The van der Waals surface area contributed by atoms with Gasteiger partial charge < -0.3 is 9.73 Å². The van der Waals surface area contributed by atoms with Crippen LogP contribution in [0.15, 0.2) is 28.8 Å². The SMILES string of the molecule is Cc1ccc([C@@H](C)Nc2nccc(C(F)(F)F)n2)o1. The van der Waals surface area contributed by atoms with Gasteiger partial charge in [0.1, 0.15) is 17.2 Å². The predicted molar refractivity (Wildman–Crippen MR) is 62.5 cm³/mol. The molecule has 0 amide bonds. The smallest absolute Gasteiger partial charge is 0.433 e. The summed E-state index contributed by atoms with van der Waals surface area (Å²) in [4.78, 5) is 7.19. The first-order chi connectivity index (χ1) is 8.86. The van der Waals surface area contributed by atoms with Crippen molar-refractivity contribution in [2.45, 2.75) is 26.1 Å². The van der Waals surface area contributed by atoms with E-state index in [1.807, 2.05) is 0 Å². The highest BCUT2D eigenvalue weighted by Gasteiger charge is 2.32. The molecule has 0 bridgehead atoms. The van der Waals surface area contributed by atoms with E-state index in [9.17, 15) is 13.2 Å². The lowest BCUT2D eigenvalue weighted by molar-refractivity contribution is -0.141. The molecule has 4 nitrogen and oxygen atoms in total. The maximum absolute atomic E-state index is 12.5. The van der Waals surface area contributed by atoms with Gasteiger partial charge in [0.15, 0.2) is 0 Å². The maximum atomic E-state index is 12.5. The van der Waals surface area contributed by atoms with Crippen molar-refractivity contribution in [3.8, 4) is 0 Å². The Balaban J connectivity index is 2.15. The minimum absolute atomic E-state index is 0.0867. The van der Waals surface area contributed by atoms with Gasteiger partial charge in [-0.25, -0.2) is 9.97 Å². The lowest BCUT2D eigenvalue weighted by Gasteiger charge is -2.12. The van der Waals surface area contributed by atoms with Crippen LogP contribution in [0.5, 0.6) is 0 Å². The molecule has 0 saturated carbocycles. The largest absolute Gasteiger partial charge is 0.464 e. The number of aromatic nitrogens is 2. The number of anilines is 1. The summed E-state index contributed by atoms with van der Waals surface area (Å²) >= 11 is 0. The number of furan rings is 1. The van der Waals surface area contributed by atoms with Crippen LogP contribution >= 0.6 is 0 Å². The first-order valence-electron chi connectivity index (χ1n) is 5.59. The van der Waals surface area contributed by atoms with E-state index in [-0.39, 0.29) is 12.0 Å². The first kappa shape index (κ1) is 13.4. The minimum Gasteiger partial charge on any atom is -0.464 e. The number of nitrogens with one attached hydrogen (secondary N) is 1. The Hall–Kier alpha value is -2.05. The van der Waals surface area contributed by atoms with Crippen molar-refractivity contribution in [1.29, 1.82) is 0 Å². The van der Waals surface area contributed by atoms with Gasteiger partial charge in [0.2, 0.25) is 5.95 Å². The Morgan fingerprint density at radius 2 is 2.00 bits per heavy atom. The molecule has 0 unspecified atom stereocenters. The topological polar surface area (TPSA) is 51.0 Å². The van der Waals surface area contributed by atoms with Crippen molar-refractivity contribution >= 4 is 5.95 Å². The molecule has 0 aliphatic heterocycles. The van der Waals surface area contributed by atoms with Crippen LogP contribution in [0.4, 0.5) is 19.1 Å². The van der Waals surface area contributed by atoms with E-state index in [0.29, 0.717) is 5.76 Å². The number of aryl methyl sites for hydroxylation is 1. The Morgan fingerprint density at radius 3 is 2.58 bits per heavy atom. The number of rotatable bonds is 3. The van der Waals surface area contributed by atoms with E-state index < -0.39 is 11.9 Å². The van der Waals surface area contributed by atoms with E-state index in [2.05, 4.69) is 15.3 Å². The zero-order chi connectivity index (χ0) is 14.0. The monoisotopic (exact) mass is 271 g/mol. The maximum Gasteiger partial charge on any atom is 0.433 e. The Morgan fingerprint density at radius 1 is 1.26 bits per heavy atom. The molecule has 0 aliphatic carbocycles. The van der Waals surface area contributed by atoms with Gasteiger partial charge in [0.05, 0.1) is 6.04 Å². The number of hydrogen-bond donors (Lipinski definition) is 1. The molecule has 2 heterocycles. The number of halogens is 3. The number of nitrogens with zero attached hydrogens (tertiary/aromatic N) is 2. The molecule has 0 saturated heterocycles. The molecule has 2 rings (SSSR count). The molecule has 19 heavy (non-hydrogen) atoms. The predicted octanol–water partition coefficient (Wildman–Crippen LogP) is 3.57. The fourth-order valence-electron chi connectivity index (χ4n) is 1.54. The summed E-state index contributed by atoms with van der Waals surface area (Å²) in [5, 5.41) is 2.77. The number of hydrogen-bond acceptors (Lipinski definition) is 4. The quantitative estimate of drug-likeness (QED) is 0.927. The summed E-state index contributed by atoms with van der Waals surface area (Å²) < 4.78 is 42.9. The van der Waals surface area contributed by atoms with Crippen LogP contribution in [0.1, 0.15) is 30.2 Å². The summed E-state index contributed by atoms with van der Waals surface area (Å²) in [5.41, 5.74) is -0.979. The molecule has 1 N–H and O–H groups in total. The molecule has 7 heteroatoms. The molecule has 0 spiro atoms. The van der Waals surface area contributed by atoms with Crippen molar-refractivity contribution in [1.82, 2.24) is 9.97 Å². The summed E-state index contributed by atoms with van der Waals surface area (Å²) in [6.45, 7) is 3.54. The fraction of sp³-hybridized carbons (Fsp3) is 0.333. The Kier molecular flexibility index (Phi) is 3.46. The zero-order valence-electron chi connectivity index (χ0n) is 10.3. The van der Waals surface area contributed by atoms with Gasteiger partial charge in [-0.3, -0.25) is 0 Å². The lowest BCUT2D eigenvalue weighted by atomic mass is 10.2. The van der Waals surface area contributed by atoms with Crippen LogP contribution in [0.2, 0.25) is 0 Å². The molecule has 0 fully saturated rings. The van der Waals surface area contributed by atoms with Crippen LogP contribution in [-0.4, -0.2) is 9.97 Å². The second kappa shape index (κ2) is 4.91. The Bertz CT molecular complexity index is 565. The van der Waals surface area contributed by atoms with Gasteiger partial charge in [-0.1, -0.05) is 0 Å². The molecule has 0 aliphatic rings. The highest BCUT2D eigenvalue weighted by Crippen LogP contribution is 2.28. The van der Waals surface area contributed by atoms with Crippen LogP contribution in [-0.2, 0) is 6.18 Å². The van der Waals surface area contributed by atoms with Gasteiger partial charge in [-0.2, -0.15) is 13.2 Å². The Labute approximate surface area is 107 Å². The molecule has 0 aromatic carbocycles. The van der Waals surface area contributed by atoms with Crippen molar-refractivity contribution in [3.05, 3.63) is 41.6 Å². The summed E-state index contributed by atoms with van der Waals surface area (Å²) in [6, 6.07) is 4.03. The summed E-state index contributed by atoms with van der Waals surface area (Å²) in [6.07, 6.45) is -3.41. The van der Waals surface area contributed by atoms with Gasteiger partial charge in [0.25, 0.3) is 0 Å².